The molecule has 4 nitrogen and oxygen atoms in total. The zero-order chi connectivity index (χ0) is 18.3. The van der Waals surface area contributed by atoms with Crippen LogP contribution in [0.5, 0.6) is 0 Å². The number of anilines is 1. The molecule has 3 aromatic rings. The molecule has 134 valence electrons. The number of thiazole rings is 1. The third-order valence-corrected chi connectivity index (χ3v) is 5.33. The maximum absolute atomic E-state index is 13.2. The Balaban J connectivity index is 1.67. The second-order valence-corrected chi connectivity index (χ2v) is 6.88. The highest BCUT2D eigenvalue weighted by molar-refractivity contribution is 7.14. The second-order valence-electron chi connectivity index (χ2n) is 6.04. The van der Waals surface area contributed by atoms with Crippen molar-refractivity contribution in [2.45, 2.75) is 19.1 Å². The molecule has 0 atom stereocenters. The fourth-order valence-electron chi connectivity index (χ4n) is 3.13. The van der Waals surface area contributed by atoms with Crippen molar-refractivity contribution in [3.8, 4) is 11.3 Å². The van der Waals surface area contributed by atoms with Crippen LogP contribution in [-0.2, 0) is 19.1 Å². The Kier molecular flexibility index (Phi) is 4.07. The van der Waals surface area contributed by atoms with Crippen LogP contribution < -0.4 is 10.5 Å². The van der Waals surface area contributed by atoms with Gasteiger partial charge in [-0.2, -0.15) is 13.2 Å². The average Bonchev–Trinajstić information content (AvgIpc) is 3.11. The maximum atomic E-state index is 13.2. The van der Waals surface area contributed by atoms with E-state index in [1.807, 2.05) is 11.0 Å². The lowest BCUT2D eigenvalue weighted by Gasteiger charge is -2.27. The van der Waals surface area contributed by atoms with Gasteiger partial charge < -0.3 is 9.88 Å². The Morgan fingerprint density at radius 1 is 1.19 bits per heavy atom. The topological polar surface area (TPSA) is 49.0 Å². The summed E-state index contributed by atoms with van der Waals surface area (Å²) < 4.78 is 39.7. The number of H-pyrrole nitrogens is 1. The molecule has 1 aliphatic rings. The normalized spacial score (nSPS) is 14.3. The number of hydrogen-bond acceptors (Lipinski definition) is 4. The summed E-state index contributed by atoms with van der Waals surface area (Å²) in [6.45, 7) is 1.07. The zero-order valence-corrected chi connectivity index (χ0v) is 14.3. The van der Waals surface area contributed by atoms with Crippen molar-refractivity contribution >= 4 is 16.5 Å². The quantitative estimate of drug-likeness (QED) is 0.732. The Hall–Kier alpha value is -2.61. The molecule has 0 fully saturated rings. The molecule has 1 aliphatic heterocycles. The summed E-state index contributed by atoms with van der Waals surface area (Å²) in [6, 6.07) is 7.32. The number of pyridine rings is 1. The Morgan fingerprint density at radius 3 is 2.81 bits per heavy atom. The van der Waals surface area contributed by atoms with E-state index in [9.17, 15) is 18.0 Å². The predicted octanol–water partition coefficient (Wildman–Crippen LogP) is 4.08. The minimum atomic E-state index is -4.43. The van der Waals surface area contributed by atoms with Crippen LogP contribution in [-0.4, -0.2) is 16.5 Å². The van der Waals surface area contributed by atoms with Crippen LogP contribution >= 0.6 is 11.3 Å². The summed E-state index contributed by atoms with van der Waals surface area (Å²) >= 11 is 1.29. The summed E-state index contributed by atoms with van der Waals surface area (Å²) in [4.78, 5) is 21.0. The lowest BCUT2D eigenvalue weighted by molar-refractivity contribution is -0.137. The molecule has 0 amide bonds. The number of hydrogen-bond donors (Lipinski definition) is 1. The van der Waals surface area contributed by atoms with Crippen molar-refractivity contribution in [2.75, 3.05) is 11.4 Å². The number of rotatable bonds is 2. The number of benzene rings is 1. The average molecular weight is 377 g/mol. The number of alkyl halides is 3. The van der Waals surface area contributed by atoms with Crippen LogP contribution in [0.3, 0.4) is 0 Å². The highest BCUT2D eigenvalue weighted by Gasteiger charge is 2.34. The van der Waals surface area contributed by atoms with Crippen molar-refractivity contribution in [1.29, 1.82) is 0 Å². The first-order valence-electron chi connectivity index (χ1n) is 8.00. The van der Waals surface area contributed by atoms with E-state index in [2.05, 4.69) is 9.97 Å². The van der Waals surface area contributed by atoms with Crippen LogP contribution in [0.15, 0.2) is 46.7 Å². The van der Waals surface area contributed by atoms with Crippen molar-refractivity contribution in [1.82, 2.24) is 9.97 Å². The molecule has 0 spiro atoms. The highest BCUT2D eigenvalue weighted by Crippen LogP contribution is 2.38. The first kappa shape index (κ1) is 16.8. The van der Waals surface area contributed by atoms with Gasteiger partial charge in [-0.3, -0.25) is 4.79 Å². The number of aromatic nitrogens is 2. The molecule has 0 bridgehead atoms. The third-order valence-electron chi connectivity index (χ3n) is 4.43. The minimum absolute atomic E-state index is 0.0674. The number of halogens is 3. The van der Waals surface area contributed by atoms with Crippen molar-refractivity contribution in [3.63, 3.8) is 0 Å². The molecule has 0 unspecified atom stereocenters. The van der Waals surface area contributed by atoms with Crippen molar-refractivity contribution in [2.24, 2.45) is 0 Å². The van der Waals surface area contributed by atoms with E-state index < -0.39 is 11.7 Å². The summed E-state index contributed by atoms with van der Waals surface area (Å²) in [7, 11) is 0. The van der Waals surface area contributed by atoms with Gasteiger partial charge in [0, 0.05) is 29.2 Å². The number of aromatic amines is 1. The van der Waals surface area contributed by atoms with Crippen LogP contribution in [0.1, 0.15) is 16.7 Å². The van der Waals surface area contributed by atoms with Gasteiger partial charge in [-0.1, -0.05) is 18.2 Å². The third kappa shape index (κ3) is 3.01. The molecular weight excluding hydrogens is 363 g/mol. The molecule has 1 aromatic carbocycles. The summed E-state index contributed by atoms with van der Waals surface area (Å²) in [5, 5.41) is 2.25. The van der Waals surface area contributed by atoms with Crippen LogP contribution in [0.2, 0.25) is 0 Å². The van der Waals surface area contributed by atoms with Crippen molar-refractivity contribution in [3.05, 3.63) is 69.0 Å². The van der Waals surface area contributed by atoms with Gasteiger partial charge in [-0.05, 0) is 24.1 Å². The highest BCUT2D eigenvalue weighted by atomic mass is 32.1. The van der Waals surface area contributed by atoms with Gasteiger partial charge in [0.1, 0.15) is 0 Å². The SMILES string of the molecule is O=c1[nH]ccc2c1CN(c1nc(-c3ccccc3C(F)(F)F)cs1)CC2. The van der Waals surface area contributed by atoms with E-state index in [-0.39, 0.29) is 11.1 Å². The molecular formula is C18H14F3N3OS. The monoisotopic (exact) mass is 377 g/mol. The maximum Gasteiger partial charge on any atom is 0.417 e. The standard InChI is InChI=1S/C18H14F3N3OS/c19-18(20,21)14-4-2-1-3-12(14)15-10-26-17(23-15)24-8-6-11-5-7-22-16(25)13(11)9-24/h1-5,7,10H,6,8-9H2,(H,22,25). The molecule has 0 radical (unpaired) electrons. The van der Waals surface area contributed by atoms with Gasteiger partial charge in [0.25, 0.3) is 5.56 Å². The molecule has 0 saturated carbocycles. The van der Waals surface area contributed by atoms with Crippen LogP contribution in [0.4, 0.5) is 18.3 Å². The van der Waals surface area contributed by atoms with Gasteiger partial charge in [0.15, 0.2) is 5.13 Å². The van der Waals surface area contributed by atoms with E-state index in [4.69, 9.17) is 0 Å². The van der Waals surface area contributed by atoms with Gasteiger partial charge in [-0.15, -0.1) is 11.3 Å². The van der Waals surface area contributed by atoms with Crippen LogP contribution in [0.25, 0.3) is 11.3 Å². The van der Waals surface area contributed by atoms with E-state index in [1.165, 1.54) is 23.5 Å². The lowest BCUT2D eigenvalue weighted by Crippen LogP contribution is -2.34. The molecule has 4 rings (SSSR count). The second kappa shape index (κ2) is 6.28. The largest absolute Gasteiger partial charge is 0.417 e. The first-order valence-corrected chi connectivity index (χ1v) is 8.88. The number of fused-ring (bicyclic) bond motifs is 1. The molecule has 1 N–H and O–H groups in total. The molecule has 2 aromatic heterocycles. The number of nitrogens with one attached hydrogen (secondary N) is 1. The predicted molar refractivity (Wildman–Crippen MR) is 94.4 cm³/mol. The van der Waals surface area contributed by atoms with E-state index in [1.54, 1.807) is 17.6 Å². The fraction of sp³-hybridized carbons (Fsp3) is 0.222. The number of nitrogens with zero attached hydrogens (tertiary/aromatic N) is 2. The molecule has 0 saturated heterocycles. The molecule has 3 heterocycles. The molecule has 0 aliphatic carbocycles. The van der Waals surface area contributed by atoms with Crippen LogP contribution in [0, 0.1) is 0 Å². The Morgan fingerprint density at radius 2 is 2.00 bits per heavy atom. The Bertz CT molecular complexity index is 1010. The van der Waals surface area contributed by atoms with Gasteiger partial charge in [0.2, 0.25) is 0 Å². The van der Waals surface area contributed by atoms with Gasteiger partial charge >= 0.3 is 6.18 Å². The van der Waals surface area contributed by atoms with Gasteiger partial charge in [0.05, 0.1) is 17.8 Å². The lowest BCUT2D eigenvalue weighted by atomic mass is 10.0. The van der Waals surface area contributed by atoms with Crippen molar-refractivity contribution < 1.29 is 13.2 Å². The summed E-state index contributed by atoms with van der Waals surface area (Å²) in [5.74, 6) is 0. The molecule has 26 heavy (non-hydrogen) atoms. The minimum Gasteiger partial charge on any atom is -0.343 e. The first-order chi connectivity index (χ1) is 12.4. The Labute approximate surface area is 150 Å². The van der Waals surface area contributed by atoms with Gasteiger partial charge in [-0.25, -0.2) is 4.98 Å². The van der Waals surface area contributed by atoms with E-state index >= 15 is 0 Å². The summed E-state index contributed by atoms with van der Waals surface area (Å²) in [5.41, 5.74) is 1.22. The molecule has 8 heteroatoms. The fourth-order valence-corrected chi connectivity index (χ4v) is 3.99. The summed E-state index contributed by atoms with van der Waals surface area (Å²) in [6.07, 6.45) is -2.10. The van der Waals surface area contributed by atoms with E-state index in [0.717, 1.165) is 11.6 Å². The zero-order valence-electron chi connectivity index (χ0n) is 13.5. The smallest absolute Gasteiger partial charge is 0.343 e. The van der Waals surface area contributed by atoms with E-state index in [0.29, 0.717) is 35.9 Å².